The third-order valence-electron chi connectivity index (χ3n) is 11.0. The van der Waals surface area contributed by atoms with Crippen molar-refractivity contribution in [3.63, 3.8) is 0 Å². The molecule has 0 amide bonds. The average molecular weight is 760 g/mol. The predicted octanol–water partition coefficient (Wildman–Crippen LogP) is 8.26. The number of rotatable bonds is 16. The van der Waals surface area contributed by atoms with Gasteiger partial charge in [-0.3, -0.25) is 19.3 Å². The van der Waals surface area contributed by atoms with Crippen LogP contribution in [0.2, 0.25) is 0 Å². The van der Waals surface area contributed by atoms with Crippen molar-refractivity contribution < 1.29 is 33.5 Å². The molecule has 0 spiro atoms. The number of benzene rings is 3. The normalized spacial score (nSPS) is 15.1. The Kier molecular flexibility index (Phi) is 12.3. The van der Waals surface area contributed by atoms with Crippen molar-refractivity contribution >= 4 is 46.4 Å². The van der Waals surface area contributed by atoms with Gasteiger partial charge in [0.15, 0.2) is 11.6 Å². The molecule has 284 valence electrons. The number of unbranched alkanes of at least 4 members (excludes halogenated alkanes) is 1. The molecule has 2 heterocycles. The van der Waals surface area contributed by atoms with Gasteiger partial charge in [-0.2, -0.15) is 0 Å². The third kappa shape index (κ3) is 7.84. The number of ether oxygens (including phenoxy) is 1. The maximum Gasteiger partial charge on any atom is 0.375 e. The third-order valence-corrected chi connectivity index (χ3v) is 11.9. The van der Waals surface area contributed by atoms with Gasteiger partial charge >= 0.3 is 5.97 Å². The van der Waals surface area contributed by atoms with Gasteiger partial charge in [-0.25, -0.2) is 14.6 Å². The summed E-state index contributed by atoms with van der Waals surface area (Å²) >= 11 is 1.21. The lowest BCUT2D eigenvalue weighted by molar-refractivity contribution is -0.00430. The Morgan fingerprint density at radius 3 is 2.29 bits per heavy atom. The smallest absolute Gasteiger partial charge is 0.375 e. The maximum atomic E-state index is 14.6. The minimum Gasteiger partial charge on any atom is -0.379 e. The number of ketones is 3. The van der Waals surface area contributed by atoms with Crippen molar-refractivity contribution in [3.8, 4) is 11.1 Å². The first-order chi connectivity index (χ1) is 26.6. The molecule has 3 aromatic carbocycles. The summed E-state index contributed by atoms with van der Waals surface area (Å²) < 4.78 is 5.58. The van der Waals surface area contributed by atoms with Crippen LogP contribution in [0.15, 0.2) is 88.3 Å². The first-order valence-electron chi connectivity index (χ1n) is 18.8. The molecule has 4 aromatic rings. The second-order valence-corrected chi connectivity index (χ2v) is 15.3. The largest absolute Gasteiger partial charge is 0.379 e. The molecule has 55 heavy (non-hydrogen) atoms. The highest BCUT2D eigenvalue weighted by molar-refractivity contribution is 7.11. The number of Topliss-reactive ketones (excluding diaryl/α,β-unsaturated/α-hetero) is 2. The van der Waals surface area contributed by atoms with Crippen LogP contribution in [0.25, 0.3) is 11.1 Å². The summed E-state index contributed by atoms with van der Waals surface area (Å²) in [5.74, 6) is -1.38. The summed E-state index contributed by atoms with van der Waals surface area (Å²) in [6, 6.07) is 21.6. The first-order valence-corrected chi connectivity index (χ1v) is 19.7. The maximum absolute atomic E-state index is 14.6. The van der Waals surface area contributed by atoms with E-state index in [9.17, 15) is 24.0 Å². The summed E-state index contributed by atoms with van der Waals surface area (Å²) in [6.45, 7) is 10.6. The monoisotopic (exact) mass is 759 g/mol. The number of hydrogen-bond acceptors (Lipinski definition) is 11. The van der Waals surface area contributed by atoms with Crippen LogP contribution in [0.5, 0.6) is 0 Å². The fraction of sp³-hybridized carbons (Fsp3) is 0.364. The van der Waals surface area contributed by atoms with Gasteiger partial charge in [-0.1, -0.05) is 67.5 Å². The van der Waals surface area contributed by atoms with Gasteiger partial charge in [0.2, 0.25) is 11.9 Å². The zero-order valence-corrected chi connectivity index (χ0v) is 32.5. The molecule has 1 fully saturated rings. The molecule has 0 radical (unpaired) electrons. The molecule has 1 aliphatic carbocycles. The topological polar surface area (TPSA) is 132 Å². The van der Waals surface area contributed by atoms with Crippen LogP contribution in [0.1, 0.15) is 117 Å². The van der Waals surface area contributed by atoms with Gasteiger partial charge in [0.1, 0.15) is 10.6 Å². The highest BCUT2D eigenvalue weighted by Gasteiger charge is 2.45. The van der Waals surface area contributed by atoms with Gasteiger partial charge in [0.25, 0.3) is 0 Å². The highest BCUT2D eigenvalue weighted by Crippen LogP contribution is 2.55. The number of aliphatic imine (C=N–C) groups is 1. The predicted molar refractivity (Wildman–Crippen MR) is 212 cm³/mol. The number of carbonyl (C=O) groups is 4. The van der Waals surface area contributed by atoms with Crippen LogP contribution in [-0.4, -0.2) is 78.4 Å². The lowest BCUT2D eigenvalue weighted by atomic mass is 9.71. The Balaban J connectivity index is 1.48. The molecule has 0 bridgehead atoms. The molecule has 0 saturated carbocycles. The average Bonchev–Trinajstić information content (AvgIpc) is 3.87. The van der Waals surface area contributed by atoms with Crippen LogP contribution in [0.3, 0.4) is 0 Å². The van der Waals surface area contributed by atoms with Crippen LogP contribution in [-0.2, 0) is 19.8 Å². The lowest BCUT2D eigenvalue weighted by Crippen LogP contribution is -2.54. The molecule has 1 aromatic heterocycles. The van der Waals surface area contributed by atoms with Crippen molar-refractivity contribution in [3.05, 3.63) is 116 Å². The lowest BCUT2D eigenvalue weighted by Gasteiger charge is -2.39. The van der Waals surface area contributed by atoms with E-state index in [4.69, 9.17) is 9.57 Å². The van der Waals surface area contributed by atoms with Gasteiger partial charge < -0.3 is 9.57 Å². The minimum absolute atomic E-state index is 0.0477. The van der Waals surface area contributed by atoms with E-state index in [2.05, 4.69) is 28.9 Å². The van der Waals surface area contributed by atoms with Gasteiger partial charge in [-0.15, -0.1) is 11.3 Å². The molecule has 1 aliphatic heterocycles. The first kappa shape index (κ1) is 39.5. The summed E-state index contributed by atoms with van der Waals surface area (Å²) in [4.78, 5) is 78.1. The van der Waals surface area contributed by atoms with Crippen molar-refractivity contribution in [2.45, 2.75) is 70.8 Å². The quantitative estimate of drug-likeness (QED) is 0.0279. The Morgan fingerprint density at radius 2 is 1.62 bits per heavy atom. The number of carbonyl (C=O) groups excluding carboxylic acids is 5. The van der Waals surface area contributed by atoms with Gasteiger partial charge in [-0.05, 0) is 97.9 Å². The Bertz CT molecular complexity index is 2160. The fourth-order valence-corrected chi connectivity index (χ4v) is 8.52. The summed E-state index contributed by atoms with van der Waals surface area (Å²) in [6.07, 6.45) is 4.02. The van der Waals surface area contributed by atoms with Crippen molar-refractivity contribution in [2.24, 2.45) is 10.1 Å². The van der Waals surface area contributed by atoms with Crippen LogP contribution in [0.4, 0.5) is 0 Å². The number of hydrogen-bond donors (Lipinski definition) is 0. The van der Waals surface area contributed by atoms with Crippen molar-refractivity contribution in [2.75, 3.05) is 32.8 Å². The van der Waals surface area contributed by atoms with Crippen LogP contribution in [0, 0.1) is 0 Å². The highest BCUT2D eigenvalue weighted by atomic mass is 32.1. The van der Waals surface area contributed by atoms with E-state index in [1.54, 1.807) is 41.8 Å². The number of morpholine rings is 1. The van der Waals surface area contributed by atoms with Gasteiger partial charge in [0, 0.05) is 40.8 Å². The molecule has 10 nitrogen and oxygen atoms in total. The number of isocyanates is 1. The van der Waals surface area contributed by atoms with E-state index >= 15 is 0 Å². The summed E-state index contributed by atoms with van der Waals surface area (Å²) in [7, 11) is 0. The standard InChI is InChI=1S/C44H45N3O7S/c1-5-44(6-2)35-18-17-30(40(50)36(15-10-11-19-45-28-48)46-54-42(52)37-16-12-24-55-37)25-32(35)33-26-31(41(51)43(3,4)47-20-22-53-23-21-47)27-34(38(33)44)39(49)29-13-8-7-9-14-29/h7-9,12-14,16-18,24-27H,5-6,10-11,15,19-23H2,1-4H3/b46-36+. The SMILES string of the molecule is CCC1(CC)c2ccc(C(=O)/C(CCCCN=C=O)=N/OC(=O)c3cccs3)cc2-c2cc(C(=O)C(C)(C)N3CCOCC3)cc(C(=O)c3ccccc3)c21. The second kappa shape index (κ2) is 17.1. The number of thiophene rings is 1. The summed E-state index contributed by atoms with van der Waals surface area (Å²) in [5.41, 5.74) is 3.66. The molecule has 11 heteroatoms. The summed E-state index contributed by atoms with van der Waals surface area (Å²) in [5, 5.41) is 5.81. The zero-order chi connectivity index (χ0) is 39.2. The molecular weight excluding hydrogens is 715 g/mol. The second-order valence-electron chi connectivity index (χ2n) is 14.3. The molecule has 0 atom stereocenters. The van der Waals surface area contributed by atoms with Crippen molar-refractivity contribution in [1.82, 2.24) is 4.90 Å². The Hall–Kier alpha value is -5.19. The Morgan fingerprint density at radius 1 is 0.891 bits per heavy atom. The molecule has 1 saturated heterocycles. The fourth-order valence-electron chi connectivity index (χ4n) is 7.92. The molecule has 6 rings (SSSR count). The van der Waals surface area contributed by atoms with Crippen LogP contribution < -0.4 is 0 Å². The molecule has 0 unspecified atom stereocenters. The van der Waals surface area contributed by atoms with Crippen LogP contribution >= 0.6 is 11.3 Å². The molecular formula is C44H45N3O7S. The van der Waals surface area contributed by atoms with E-state index in [-0.39, 0.29) is 30.2 Å². The molecule has 0 N–H and O–H groups in total. The van der Waals surface area contributed by atoms with E-state index < -0.39 is 22.7 Å². The minimum atomic E-state index is -0.875. The van der Waals surface area contributed by atoms with E-state index in [0.717, 1.165) is 22.3 Å². The van der Waals surface area contributed by atoms with Gasteiger partial charge in [0.05, 0.1) is 25.3 Å². The number of oxime groups is 1. The number of nitrogens with zero attached hydrogens (tertiary/aromatic N) is 3. The van der Waals surface area contributed by atoms with E-state index in [0.29, 0.717) is 79.1 Å². The van der Waals surface area contributed by atoms with Crippen molar-refractivity contribution in [1.29, 1.82) is 0 Å². The van der Waals surface area contributed by atoms with E-state index in [1.807, 2.05) is 50.2 Å². The molecule has 2 aliphatic rings. The van der Waals surface area contributed by atoms with E-state index in [1.165, 1.54) is 17.4 Å². The Labute approximate surface area is 325 Å². The number of fused-ring (bicyclic) bond motifs is 3. The zero-order valence-electron chi connectivity index (χ0n) is 31.7.